The highest BCUT2D eigenvalue weighted by molar-refractivity contribution is 9.10. The lowest BCUT2D eigenvalue weighted by atomic mass is 10.0. The Labute approximate surface area is 108 Å². The molecule has 2 N–H and O–H groups in total. The van der Waals surface area contributed by atoms with Crippen LogP contribution in [0.2, 0.25) is 0 Å². The molecule has 1 aliphatic rings. The van der Waals surface area contributed by atoms with E-state index >= 15 is 0 Å². The molecule has 0 aliphatic carbocycles. The number of ether oxygens (including phenoxy) is 2. The molecule has 0 unspecified atom stereocenters. The maximum absolute atomic E-state index is 13.0. The average Bonchev–Trinajstić information content (AvgIpc) is 2.29. The number of nitrogen functional groups attached to an aromatic ring is 1. The summed E-state index contributed by atoms with van der Waals surface area (Å²) in [6.07, 6.45) is 2.00. The van der Waals surface area contributed by atoms with Crippen LogP contribution in [0.25, 0.3) is 0 Å². The van der Waals surface area contributed by atoms with E-state index in [4.69, 9.17) is 15.2 Å². The zero-order valence-electron chi connectivity index (χ0n) is 9.42. The molecule has 0 atom stereocenters. The molecule has 0 radical (unpaired) electrons. The van der Waals surface area contributed by atoms with Crippen molar-refractivity contribution in [2.75, 3.05) is 25.6 Å². The van der Waals surface area contributed by atoms with Crippen molar-refractivity contribution >= 4 is 21.6 Å². The molecule has 0 aromatic heterocycles. The maximum atomic E-state index is 13.0. The SMILES string of the molecule is Nc1cc(F)cc(Br)c1OCC1CCOCC1. The Balaban J connectivity index is 1.98. The summed E-state index contributed by atoms with van der Waals surface area (Å²) < 4.78 is 24.5. The molecule has 1 aliphatic heterocycles. The Bertz CT molecular complexity index is 371. The first-order chi connectivity index (χ1) is 8.16. The van der Waals surface area contributed by atoms with E-state index in [1.807, 2.05) is 0 Å². The first-order valence-electron chi connectivity index (χ1n) is 5.62. The maximum Gasteiger partial charge on any atom is 0.156 e. The van der Waals surface area contributed by atoms with Crippen molar-refractivity contribution < 1.29 is 13.9 Å². The Hall–Kier alpha value is -0.810. The van der Waals surface area contributed by atoms with Gasteiger partial charge in [0.05, 0.1) is 16.8 Å². The summed E-state index contributed by atoms with van der Waals surface area (Å²) in [4.78, 5) is 0. The summed E-state index contributed by atoms with van der Waals surface area (Å²) in [6, 6.07) is 2.62. The molecule has 3 nitrogen and oxygen atoms in total. The van der Waals surface area contributed by atoms with Crippen molar-refractivity contribution in [3.8, 4) is 5.75 Å². The van der Waals surface area contributed by atoms with Crippen LogP contribution in [0.3, 0.4) is 0 Å². The largest absolute Gasteiger partial charge is 0.490 e. The van der Waals surface area contributed by atoms with E-state index in [1.165, 1.54) is 12.1 Å². The van der Waals surface area contributed by atoms with Crippen LogP contribution >= 0.6 is 15.9 Å². The molecule has 17 heavy (non-hydrogen) atoms. The number of halogens is 2. The van der Waals surface area contributed by atoms with Gasteiger partial charge in [-0.25, -0.2) is 4.39 Å². The summed E-state index contributed by atoms with van der Waals surface area (Å²) in [5.74, 6) is 0.644. The van der Waals surface area contributed by atoms with Gasteiger partial charge < -0.3 is 15.2 Å². The van der Waals surface area contributed by atoms with Gasteiger partial charge in [-0.1, -0.05) is 0 Å². The Morgan fingerprint density at radius 2 is 2.12 bits per heavy atom. The minimum atomic E-state index is -0.368. The number of hydrogen-bond donors (Lipinski definition) is 1. The summed E-state index contributed by atoms with van der Waals surface area (Å²) >= 11 is 3.25. The Morgan fingerprint density at radius 1 is 1.41 bits per heavy atom. The van der Waals surface area contributed by atoms with Gasteiger partial charge in [-0.05, 0) is 40.8 Å². The molecule has 0 saturated carbocycles. The first-order valence-corrected chi connectivity index (χ1v) is 6.41. The van der Waals surface area contributed by atoms with Crippen molar-refractivity contribution in [3.05, 3.63) is 22.4 Å². The fourth-order valence-corrected chi connectivity index (χ4v) is 2.41. The first kappa shape index (κ1) is 12.6. The van der Waals surface area contributed by atoms with Gasteiger partial charge in [0, 0.05) is 19.3 Å². The molecule has 1 aromatic rings. The highest BCUT2D eigenvalue weighted by atomic mass is 79.9. The summed E-state index contributed by atoms with van der Waals surface area (Å²) in [6.45, 7) is 2.17. The van der Waals surface area contributed by atoms with Gasteiger partial charge in [-0.3, -0.25) is 0 Å². The fraction of sp³-hybridized carbons (Fsp3) is 0.500. The van der Waals surface area contributed by atoms with Crippen molar-refractivity contribution in [2.24, 2.45) is 5.92 Å². The van der Waals surface area contributed by atoms with Gasteiger partial charge in [-0.15, -0.1) is 0 Å². The highest BCUT2D eigenvalue weighted by Crippen LogP contribution is 2.33. The second-order valence-electron chi connectivity index (χ2n) is 4.17. The quantitative estimate of drug-likeness (QED) is 0.873. The number of rotatable bonds is 3. The molecule has 0 spiro atoms. The molecule has 0 bridgehead atoms. The van der Waals surface area contributed by atoms with Crippen LogP contribution in [0.15, 0.2) is 16.6 Å². The van der Waals surface area contributed by atoms with Crippen molar-refractivity contribution in [1.29, 1.82) is 0 Å². The normalized spacial score (nSPS) is 17.1. The third-order valence-corrected chi connectivity index (χ3v) is 3.43. The monoisotopic (exact) mass is 303 g/mol. The molecule has 1 fully saturated rings. The lowest BCUT2D eigenvalue weighted by Crippen LogP contribution is -2.21. The van der Waals surface area contributed by atoms with Crippen LogP contribution in [0.5, 0.6) is 5.75 Å². The van der Waals surface area contributed by atoms with E-state index in [1.54, 1.807) is 0 Å². The third kappa shape index (κ3) is 3.33. The van der Waals surface area contributed by atoms with Gasteiger partial charge in [0.1, 0.15) is 5.82 Å². The van der Waals surface area contributed by atoms with Crippen molar-refractivity contribution in [1.82, 2.24) is 0 Å². The predicted molar refractivity (Wildman–Crippen MR) is 67.6 cm³/mol. The lowest BCUT2D eigenvalue weighted by Gasteiger charge is -2.22. The molecule has 2 rings (SSSR count). The number of hydrogen-bond acceptors (Lipinski definition) is 3. The smallest absolute Gasteiger partial charge is 0.156 e. The average molecular weight is 304 g/mol. The summed E-state index contributed by atoms with van der Waals surface area (Å²) in [5.41, 5.74) is 6.04. The molecule has 1 aromatic carbocycles. The lowest BCUT2D eigenvalue weighted by molar-refractivity contribution is 0.0497. The van der Waals surface area contributed by atoms with E-state index in [9.17, 15) is 4.39 Å². The molecular weight excluding hydrogens is 289 g/mol. The molecule has 1 saturated heterocycles. The van der Waals surface area contributed by atoms with Gasteiger partial charge in [-0.2, -0.15) is 0 Å². The topological polar surface area (TPSA) is 44.5 Å². The van der Waals surface area contributed by atoms with Gasteiger partial charge in [0.15, 0.2) is 5.75 Å². The van der Waals surface area contributed by atoms with E-state index < -0.39 is 0 Å². The second-order valence-corrected chi connectivity index (χ2v) is 5.03. The summed E-state index contributed by atoms with van der Waals surface area (Å²) in [5, 5.41) is 0. The minimum absolute atomic E-state index is 0.323. The van der Waals surface area contributed by atoms with E-state index in [0.29, 0.717) is 28.4 Å². The minimum Gasteiger partial charge on any atom is -0.490 e. The fourth-order valence-electron chi connectivity index (χ4n) is 1.85. The van der Waals surface area contributed by atoms with Crippen LogP contribution in [0.1, 0.15) is 12.8 Å². The zero-order valence-corrected chi connectivity index (χ0v) is 11.0. The number of anilines is 1. The van der Waals surface area contributed by atoms with Crippen molar-refractivity contribution in [2.45, 2.75) is 12.8 Å². The standard InChI is InChI=1S/C12H15BrFNO2/c13-10-5-9(14)6-11(15)12(10)17-7-8-1-3-16-4-2-8/h5-6,8H,1-4,7,15H2. The van der Waals surface area contributed by atoms with Crippen LogP contribution in [0, 0.1) is 11.7 Å². The summed E-state index contributed by atoms with van der Waals surface area (Å²) in [7, 11) is 0. The highest BCUT2D eigenvalue weighted by Gasteiger charge is 2.16. The molecule has 5 heteroatoms. The predicted octanol–water partition coefficient (Wildman–Crippen LogP) is 2.98. The molecule has 94 valence electrons. The van der Waals surface area contributed by atoms with E-state index in [-0.39, 0.29) is 5.82 Å². The zero-order chi connectivity index (χ0) is 12.3. The van der Waals surface area contributed by atoms with E-state index in [2.05, 4.69) is 15.9 Å². The third-order valence-electron chi connectivity index (χ3n) is 2.84. The van der Waals surface area contributed by atoms with Crippen molar-refractivity contribution in [3.63, 3.8) is 0 Å². The van der Waals surface area contributed by atoms with Gasteiger partial charge in [0.25, 0.3) is 0 Å². The van der Waals surface area contributed by atoms with Crippen LogP contribution < -0.4 is 10.5 Å². The molecular formula is C12H15BrFNO2. The molecule has 0 amide bonds. The second kappa shape index (κ2) is 5.69. The van der Waals surface area contributed by atoms with E-state index in [0.717, 1.165) is 26.1 Å². The Morgan fingerprint density at radius 3 is 2.76 bits per heavy atom. The van der Waals surface area contributed by atoms with Crippen LogP contribution in [0.4, 0.5) is 10.1 Å². The number of nitrogens with two attached hydrogens (primary N) is 1. The molecule has 1 heterocycles. The van der Waals surface area contributed by atoms with Crippen LogP contribution in [-0.4, -0.2) is 19.8 Å². The Kier molecular flexibility index (Phi) is 4.23. The number of benzene rings is 1. The van der Waals surface area contributed by atoms with Crippen LogP contribution in [-0.2, 0) is 4.74 Å². The van der Waals surface area contributed by atoms with Gasteiger partial charge >= 0.3 is 0 Å². The van der Waals surface area contributed by atoms with Gasteiger partial charge in [0.2, 0.25) is 0 Å².